The van der Waals surface area contributed by atoms with Crippen LogP contribution in [0, 0.1) is 0 Å². The maximum atomic E-state index is 12.0. The number of hydrogen-bond donors (Lipinski definition) is 2. The lowest BCUT2D eigenvalue weighted by Crippen LogP contribution is -2.36. The second kappa shape index (κ2) is 7.56. The standard InChI is InChI=1S/C17H15N3O3S/c21-16(18-9-12-6-7-24-11-12)10-19-17(22)14-8-15(23-20-14)13-4-2-1-3-5-13/h1-8,11H,9-10H2,(H,18,21)(H,19,22). The van der Waals surface area contributed by atoms with Crippen LogP contribution in [0.5, 0.6) is 0 Å². The van der Waals surface area contributed by atoms with E-state index in [2.05, 4.69) is 15.8 Å². The number of aromatic nitrogens is 1. The molecule has 0 bridgehead atoms. The van der Waals surface area contributed by atoms with Crippen molar-refractivity contribution >= 4 is 23.2 Å². The van der Waals surface area contributed by atoms with E-state index in [9.17, 15) is 9.59 Å². The Morgan fingerprint density at radius 1 is 1.12 bits per heavy atom. The second-order valence-corrected chi connectivity index (χ2v) is 5.81. The minimum atomic E-state index is -0.452. The molecule has 2 heterocycles. The molecule has 0 spiro atoms. The SMILES string of the molecule is O=C(CNC(=O)c1cc(-c2ccccc2)on1)NCc1ccsc1. The fourth-order valence-electron chi connectivity index (χ4n) is 2.03. The smallest absolute Gasteiger partial charge is 0.273 e. The number of thiophene rings is 1. The normalized spacial score (nSPS) is 10.3. The molecule has 0 aliphatic heterocycles. The van der Waals surface area contributed by atoms with Gasteiger partial charge in [-0.2, -0.15) is 11.3 Å². The molecule has 24 heavy (non-hydrogen) atoms. The summed E-state index contributed by atoms with van der Waals surface area (Å²) in [6.07, 6.45) is 0. The maximum Gasteiger partial charge on any atom is 0.273 e. The van der Waals surface area contributed by atoms with Gasteiger partial charge in [0, 0.05) is 18.2 Å². The van der Waals surface area contributed by atoms with Gasteiger partial charge in [-0.1, -0.05) is 35.5 Å². The summed E-state index contributed by atoms with van der Waals surface area (Å²) in [6, 6.07) is 12.8. The van der Waals surface area contributed by atoms with Gasteiger partial charge < -0.3 is 15.2 Å². The summed E-state index contributed by atoms with van der Waals surface area (Å²) in [6.45, 7) is 0.330. The first-order valence-corrected chi connectivity index (χ1v) is 8.25. The van der Waals surface area contributed by atoms with E-state index in [1.807, 2.05) is 47.2 Å². The number of nitrogens with one attached hydrogen (secondary N) is 2. The van der Waals surface area contributed by atoms with Crippen molar-refractivity contribution in [2.45, 2.75) is 6.54 Å². The second-order valence-electron chi connectivity index (χ2n) is 5.03. The van der Waals surface area contributed by atoms with Gasteiger partial charge in [0.1, 0.15) is 0 Å². The van der Waals surface area contributed by atoms with Crippen LogP contribution < -0.4 is 10.6 Å². The van der Waals surface area contributed by atoms with Crippen molar-refractivity contribution in [2.75, 3.05) is 6.54 Å². The number of nitrogens with zero attached hydrogens (tertiary/aromatic N) is 1. The minimum absolute atomic E-state index is 0.115. The molecule has 7 heteroatoms. The van der Waals surface area contributed by atoms with Crippen molar-refractivity contribution in [3.05, 3.63) is 64.5 Å². The predicted molar refractivity (Wildman–Crippen MR) is 90.4 cm³/mol. The van der Waals surface area contributed by atoms with Gasteiger partial charge >= 0.3 is 0 Å². The Balaban J connectivity index is 1.50. The van der Waals surface area contributed by atoms with Crippen LogP contribution >= 0.6 is 11.3 Å². The van der Waals surface area contributed by atoms with Gasteiger partial charge in [-0.15, -0.1) is 0 Å². The predicted octanol–water partition coefficient (Wildman–Crippen LogP) is 2.45. The van der Waals surface area contributed by atoms with Gasteiger partial charge in [-0.05, 0) is 22.4 Å². The molecular weight excluding hydrogens is 326 g/mol. The summed E-state index contributed by atoms with van der Waals surface area (Å²) >= 11 is 1.57. The summed E-state index contributed by atoms with van der Waals surface area (Å²) in [7, 11) is 0. The summed E-state index contributed by atoms with van der Waals surface area (Å²) in [5.41, 5.74) is 2.00. The fourth-order valence-corrected chi connectivity index (χ4v) is 2.70. The molecule has 6 nitrogen and oxygen atoms in total. The molecule has 0 saturated heterocycles. The van der Waals surface area contributed by atoms with Crippen LogP contribution in [0.4, 0.5) is 0 Å². The molecule has 2 amide bonds. The number of benzene rings is 1. The Kier molecular flexibility index (Phi) is 5.02. The molecule has 122 valence electrons. The first-order chi connectivity index (χ1) is 11.7. The van der Waals surface area contributed by atoms with Crippen LogP contribution in [0.2, 0.25) is 0 Å². The molecule has 0 atom stereocenters. The van der Waals surface area contributed by atoms with Gasteiger partial charge in [-0.3, -0.25) is 9.59 Å². The van der Waals surface area contributed by atoms with Crippen LogP contribution in [-0.4, -0.2) is 23.5 Å². The highest BCUT2D eigenvalue weighted by molar-refractivity contribution is 7.07. The van der Waals surface area contributed by atoms with E-state index in [1.165, 1.54) is 0 Å². The van der Waals surface area contributed by atoms with Crippen molar-refractivity contribution in [1.29, 1.82) is 0 Å². The lowest BCUT2D eigenvalue weighted by atomic mass is 10.1. The Bertz CT molecular complexity index is 813. The van der Waals surface area contributed by atoms with Crippen molar-refractivity contribution in [1.82, 2.24) is 15.8 Å². The van der Waals surface area contributed by atoms with Crippen molar-refractivity contribution in [3.63, 3.8) is 0 Å². The van der Waals surface area contributed by atoms with Gasteiger partial charge in [0.25, 0.3) is 5.91 Å². The van der Waals surface area contributed by atoms with Crippen molar-refractivity contribution in [2.24, 2.45) is 0 Å². The number of rotatable bonds is 6. The zero-order valence-corrected chi connectivity index (χ0v) is 13.5. The van der Waals surface area contributed by atoms with Gasteiger partial charge in [0.2, 0.25) is 5.91 Å². The van der Waals surface area contributed by atoms with Crippen molar-refractivity contribution < 1.29 is 14.1 Å². The highest BCUT2D eigenvalue weighted by atomic mass is 32.1. The number of hydrogen-bond acceptors (Lipinski definition) is 5. The largest absolute Gasteiger partial charge is 0.355 e. The quantitative estimate of drug-likeness (QED) is 0.721. The first-order valence-electron chi connectivity index (χ1n) is 7.30. The monoisotopic (exact) mass is 341 g/mol. The molecule has 3 aromatic rings. The van der Waals surface area contributed by atoms with E-state index in [4.69, 9.17) is 4.52 Å². The van der Waals surface area contributed by atoms with Gasteiger partial charge in [0.05, 0.1) is 6.54 Å². The van der Waals surface area contributed by atoms with E-state index in [1.54, 1.807) is 17.4 Å². The molecular formula is C17H15N3O3S. The van der Waals surface area contributed by atoms with Crippen molar-refractivity contribution in [3.8, 4) is 11.3 Å². The van der Waals surface area contributed by atoms with E-state index in [0.717, 1.165) is 11.1 Å². The third kappa shape index (κ3) is 4.08. The summed E-state index contributed by atoms with van der Waals surface area (Å²) < 4.78 is 5.16. The molecule has 0 aliphatic carbocycles. The molecule has 2 aromatic heterocycles. The number of carbonyl (C=O) groups excluding carboxylic acids is 2. The highest BCUT2D eigenvalue weighted by Gasteiger charge is 2.14. The summed E-state index contributed by atoms with van der Waals surface area (Å²) in [4.78, 5) is 23.7. The third-order valence-electron chi connectivity index (χ3n) is 3.28. The average molecular weight is 341 g/mol. The van der Waals surface area contributed by atoms with E-state index in [-0.39, 0.29) is 18.1 Å². The average Bonchev–Trinajstić information content (AvgIpc) is 3.30. The third-order valence-corrected chi connectivity index (χ3v) is 4.01. The molecule has 2 N–H and O–H groups in total. The molecule has 0 fully saturated rings. The molecule has 0 aliphatic rings. The van der Waals surface area contributed by atoms with Crippen LogP contribution in [0.1, 0.15) is 16.1 Å². The van der Waals surface area contributed by atoms with Crippen LogP contribution in [-0.2, 0) is 11.3 Å². The van der Waals surface area contributed by atoms with E-state index in [0.29, 0.717) is 12.3 Å². The highest BCUT2D eigenvalue weighted by Crippen LogP contribution is 2.19. The summed E-state index contributed by atoms with van der Waals surface area (Å²) in [5.74, 6) is -0.212. The summed E-state index contributed by atoms with van der Waals surface area (Å²) in [5, 5.41) is 12.9. The molecule has 0 saturated carbocycles. The van der Waals surface area contributed by atoms with E-state index < -0.39 is 5.91 Å². The Morgan fingerprint density at radius 3 is 2.71 bits per heavy atom. The molecule has 0 radical (unpaired) electrons. The Hall–Kier alpha value is -2.93. The molecule has 1 aromatic carbocycles. The first kappa shape index (κ1) is 15.9. The van der Waals surface area contributed by atoms with Crippen LogP contribution in [0.3, 0.4) is 0 Å². The zero-order valence-electron chi connectivity index (χ0n) is 12.7. The van der Waals surface area contributed by atoms with Gasteiger partial charge in [-0.25, -0.2) is 0 Å². The lowest BCUT2D eigenvalue weighted by molar-refractivity contribution is -0.120. The lowest BCUT2D eigenvalue weighted by Gasteiger charge is -2.04. The van der Waals surface area contributed by atoms with Crippen LogP contribution in [0.25, 0.3) is 11.3 Å². The zero-order chi connectivity index (χ0) is 16.8. The van der Waals surface area contributed by atoms with Crippen LogP contribution in [0.15, 0.2) is 57.7 Å². The minimum Gasteiger partial charge on any atom is -0.355 e. The Morgan fingerprint density at radius 2 is 1.96 bits per heavy atom. The van der Waals surface area contributed by atoms with E-state index >= 15 is 0 Å². The maximum absolute atomic E-state index is 12.0. The topological polar surface area (TPSA) is 84.2 Å². The number of carbonyl (C=O) groups is 2. The number of amides is 2. The fraction of sp³-hybridized carbons (Fsp3) is 0.118. The molecule has 0 unspecified atom stereocenters. The molecule has 3 rings (SSSR count). The Labute approximate surface area is 142 Å². The van der Waals surface area contributed by atoms with Gasteiger partial charge in [0.15, 0.2) is 11.5 Å².